The molecule has 3 heteroatoms. The van der Waals surface area contributed by atoms with Gasteiger partial charge in [0.25, 0.3) is 0 Å². The van der Waals surface area contributed by atoms with Gasteiger partial charge < -0.3 is 15.7 Å². The zero-order valence-corrected chi connectivity index (χ0v) is 8.10. The molecular formula is C12H13O3. The van der Waals surface area contributed by atoms with Crippen molar-refractivity contribution in [3.8, 4) is 11.5 Å². The van der Waals surface area contributed by atoms with Crippen LogP contribution in [0, 0.1) is 6.07 Å². The van der Waals surface area contributed by atoms with E-state index in [4.69, 9.17) is 4.74 Å². The molecule has 3 nitrogen and oxygen atoms in total. The van der Waals surface area contributed by atoms with Crippen LogP contribution in [0.4, 0.5) is 0 Å². The van der Waals surface area contributed by atoms with E-state index in [2.05, 4.69) is 6.07 Å². The Balaban J connectivity index is 0.000000980. The predicted molar refractivity (Wildman–Crippen MR) is 59.0 cm³/mol. The fourth-order valence-electron chi connectivity index (χ4n) is 1.06. The molecule has 2 aromatic rings. The van der Waals surface area contributed by atoms with Crippen molar-refractivity contribution in [3.05, 3.63) is 60.7 Å². The van der Waals surface area contributed by atoms with Crippen molar-refractivity contribution in [3.63, 3.8) is 0 Å². The highest BCUT2D eigenvalue weighted by atomic mass is 16.5. The first-order chi connectivity index (χ1) is 6.45. The van der Waals surface area contributed by atoms with E-state index >= 15 is 0 Å². The third-order valence-corrected chi connectivity index (χ3v) is 1.65. The van der Waals surface area contributed by atoms with Crippen molar-refractivity contribution in [1.82, 2.24) is 0 Å². The van der Waals surface area contributed by atoms with E-state index in [0.29, 0.717) is 0 Å². The monoisotopic (exact) mass is 205 g/mol. The first-order valence-corrected chi connectivity index (χ1v) is 4.15. The number of benzene rings is 2. The molecule has 2 rings (SSSR count). The molecule has 4 N–H and O–H groups in total. The summed E-state index contributed by atoms with van der Waals surface area (Å²) in [5.74, 6) is 1.58. The molecule has 0 aliphatic heterocycles. The second-order valence-corrected chi connectivity index (χ2v) is 2.64. The van der Waals surface area contributed by atoms with E-state index in [0.717, 1.165) is 11.5 Å². The van der Waals surface area contributed by atoms with Gasteiger partial charge in [-0.05, 0) is 18.2 Å². The van der Waals surface area contributed by atoms with Crippen LogP contribution in [-0.2, 0) is 0 Å². The summed E-state index contributed by atoms with van der Waals surface area (Å²) in [6.07, 6.45) is 0. The van der Waals surface area contributed by atoms with Crippen molar-refractivity contribution in [1.29, 1.82) is 0 Å². The van der Waals surface area contributed by atoms with E-state index in [1.807, 2.05) is 54.6 Å². The Labute approximate surface area is 88.6 Å². The molecule has 2 aromatic carbocycles. The summed E-state index contributed by atoms with van der Waals surface area (Å²) in [6.45, 7) is 0. The van der Waals surface area contributed by atoms with E-state index in [1.165, 1.54) is 0 Å². The van der Waals surface area contributed by atoms with Gasteiger partial charge in [-0.2, -0.15) is 0 Å². The topological polar surface area (TPSA) is 72.2 Å². The van der Waals surface area contributed by atoms with Gasteiger partial charge in [0.05, 0.1) is 0 Å². The fraction of sp³-hybridized carbons (Fsp3) is 0. The summed E-state index contributed by atoms with van der Waals surface area (Å²) in [6, 6.07) is 20.2. The lowest BCUT2D eigenvalue weighted by Gasteiger charge is -2.03. The van der Waals surface area contributed by atoms with Crippen LogP contribution < -0.4 is 4.74 Å². The smallest absolute Gasteiger partial charge is 0.135 e. The molecule has 15 heavy (non-hydrogen) atoms. The molecule has 0 aromatic heterocycles. The lowest BCUT2D eigenvalue weighted by Crippen LogP contribution is -1.81. The molecule has 0 amide bonds. The largest absolute Gasteiger partial charge is 0.457 e. The highest BCUT2D eigenvalue weighted by molar-refractivity contribution is 5.29. The Morgan fingerprint density at radius 1 is 0.800 bits per heavy atom. The highest BCUT2D eigenvalue weighted by Crippen LogP contribution is 2.18. The summed E-state index contributed by atoms with van der Waals surface area (Å²) in [5.41, 5.74) is 0. The molecule has 0 unspecified atom stereocenters. The number of hydrogen-bond donors (Lipinski definition) is 0. The minimum atomic E-state index is 0. The quantitative estimate of drug-likeness (QED) is 0.734. The third kappa shape index (κ3) is 3.81. The predicted octanol–water partition coefficient (Wildman–Crippen LogP) is 1.63. The Morgan fingerprint density at radius 3 is 2.07 bits per heavy atom. The van der Waals surface area contributed by atoms with Crippen LogP contribution >= 0.6 is 0 Å². The van der Waals surface area contributed by atoms with Crippen molar-refractivity contribution in [2.45, 2.75) is 0 Å². The molecule has 0 aliphatic carbocycles. The Bertz CT molecular complexity index is 322. The molecule has 0 heterocycles. The fourth-order valence-corrected chi connectivity index (χ4v) is 1.06. The normalized spacial score (nSPS) is 8.27. The van der Waals surface area contributed by atoms with Gasteiger partial charge in [-0.3, -0.25) is 0 Å². The van der Waals surface area contributed by atoms with Crippen LogP contribution in [0.3, 0.4) is 0 Å². The summed E-state index contributed by atoms with van der Waals surface area (Å²) >= 11 is 0. The molecule has 0 saturated carbocycles. The second kappa shape index (κ2) is 6.59. The molecule has 0 aliphatic rings. The summed E-state index contributed by atoms with van der Waals surface area (Å²) < 4.78 is 5.52. The average molecular weight is 205 g/mol. The van der Waals surface area contributed by atoms with E-state index in [1.54, 1.807) is 0 Å². The maximum absolute atomic E-state index is 5.52. The van der Waals surface area contributed by atoms with Crippen LogP contribution in [0.2, 0.25) is 0 Å². The van der Waals surface area contributed by atoms with Gasteiger partial charge >= 0.3 is 0 Å². The van der Waals surface area contributed by atoms with Crippen LogP contribution in [0.1, 0.15) is 0 Å². The molecule has 0 atom stereocenters. The Morgan fingerprint density at radius 2 is 1.47 bits per heavy atom. The van der Waals surface area contributed by atoms with Crippen LogP contribution in [0.25, 0.3) is 0 Å². The van der Waals surface area contributed by atoms with Crippen LogP contribution in [0.5, 0.6) is 11.5 Å². The average Bonchev–Trinajstić information content (AvgIpc) is 2.21. The minimum Gasteiger partial charge on any atom is -0.457 e. The van der Waals surface area contributed by atoms with E-state index in [-0.39, 0.29) is 11.0 Å². The molecule has 0 bridgehead atoms. The van der Waals surface area contributed by atoms with Gasteiger partial charge in [0.2, 0.25) is 0 Å². The first-order valence-electron chi connectivity index (χ1n) is 4.15. The zero-order valence-electron chi connectivity index (χ0n) is 8.10. The van der Waals surface area contributed by atoms with E-state index < -0.39 is 0 Å². The lowest BCUT2D eigenvalue weighted by molar-refractivity contribution is 0.481. The standard InChI is InChI=1S/C12H9O.2H2O/c1-3-7-11(8-4-1)13-12-9-5-2-6-10-12;;/h1-9H;2*1H2. The Hall–Kier alpha value is -1.84. The molecule has 0 spiro atoms. The van der Waals surface area contributed by atoms with Gasteiger partial charge in [-0.25, -0.2) is 0 Å². The van der Waals surface area contributed by atoms with Gasteiger partial charge in [0, 0.05) is 6.07 Å². The maximum Gasteiger partial charge on any atom is 0.135 e. The summed E-state index contributed by atoms with van der Waals surface area (Å²) in [4.78, 5) is 0. The third-order valence-electron chi connectivity index (χ3n) is 1.65. The molecule has 1 radical (unpaired) electrons. The highest BCUT2D eigenvalue weighted by Gasteiger charge is 1.93. The Kier molecular flexibility index (Phi) is 5.78. The summed E-state index contributed by atoms with van der Waals surface area (Å²) in [5, 5.41) is 0. The number of ether oxygens (including phenoxy) is 1. The van der Waals surface area contributed by atoms with E-state index in [9.17, 15) is 0 Å². The number of hydrogen-bond acceptors (Lipinski definition) is 1. The second-order valence-electron chi connectivity index (χ2n) is 2.64. The SMILES string of the molecule is O.O.[c]1ccccc1Oc1ccccc1. The lowest BCUT2D eigenvalue weighted by atomic mass is 10.3. The number of para-hydroxylation sites is 2. The van der Waals surface area contributed by atoms with Crippen molar-refractivity contribution < 1.29 is 15.7 Å². The first kappa shape index (κ1) is 13.2. The number of rotatable bonds is 2. The maximum atomic E-state index is 5.52. The van der Waals surface area contributed by atoms with Crippen LogP contribution in [0.15, 0.2) is 54.6 Å². The van der Waals surface area contributed by atoms with Crippen molar-refractivity contribution >= 4 is 0 Å². The molecule has 0 saturated heterocycles. The van der Waals surface area contributed by atoms with Gasteiger partial charge in [0.1, 0.15) is 11.5 Å². The van der Waals surface area contributed by atoms with Crippen molar-refractivity contribution in [2.75, 3.05) is 0 Å². The summed E-state index contributed by atoms with van der Waals surface area (Å²) in [7, 11) is 0. The van der Waals surface area contributed by atoms with Gasteiger partial charge in [-0.15, -0.1) is 0 Å². The molecule has 79 valence electrons. The molecular weight excluding hydrogens is 192 g/mol. The minimum absolute atomic E-state index is 0. The van der Waals surface area contributed by atoms with Crippen LogP contribution in [-0.4, -0.2) is 11.0 Å². The zero-order chi connectivity index (χ0) is 8.93. The van der Waals surface area contributed by atoms with Gasteiger partial charge in [0.15, 0.2) is 0 Å². The molecule has 0 fully saturated rings. The van der Waals surface area contributed by atoms with Gasteiger partial charge in [-0.1, -0.05) is 36.4 Å². The van der Waals surface area contributed by atoms with Crippen molar-refractivity contribution in [2.24, 2.45) is 0 Å².